The molecule has 3 unspecified atom stereocenters. The van der Waals surface area contributed by atoms with Gasteiger partial charge in [-0.2, -0.15) is 0 Å². The summed E-state index contributed by atoms with van der Waals surface area (Å²) in [4.78, 5) is 7.04. The molecule has 1 aromatic rings. The first-order valence-corrected chi connectivity index (χ1v) is 7.51. The summed E-state index contributed by atoms with van der Waals surface area (Å²) in [5.74, 6) is 0. The maximum atomic E-state index is 5.90. The normalized spacial score (nSPS) is 35.7. The predicted molar refractivity (Wildman–Crippen MR) is 72.0 cm³/mol. The van der Waals surface area contributed by atoms with Gasteiger partial charge in [0.15, 0.2) is 0 Å². The number of morpholine rings is 1. The molecule has 1 N–H and O–H groups in total. The van der Waals surface area contributed by atoms with Crippen molar-refractivity contribution < 1.29 is 4.74 Å². The number of fused-ring (bicyclic) bond motifs is 1. The van der Waals surface area contributed by atoms with E-state index in [0.717, 1.165) is 25.7 Å². The zero-order chi connectivity index (χ0) is 12.7. The minimum absolute atomic E-state index is 0.173. The number of hydrogen-bond donors (Lipinski definition) is 1. The summed E-state index contributed by atoms with van der Waals surface area (Å²) in [5.41, 5.74) is 1.26. The third kappa shape index (κ3) is 2.00. The van der Waals surface area contributed by atoms with Crippen molar-refractivity contribution in [2.75, 3.05) is 32.8 Å². The molecule has 0 amide bonds. The lowest BCUT2D eigenvalue weighted by atomic mass is 10.1. The average molecular weight is 262 g/mol. The van der Waals surface area contributed by atoms with Crippen molar-refractivity contribution in [2.45, 2.75) is 37.5 Å². The van der Waals surface area contributed by atoms with Gasteiger partial charge >= 0.3 is 0 Å². The van der Waals surface area contributed by atoms with Crippen LogP contribution in [0.2, 0.25) is 0 Å². The largest absolute Gasteiger partial charge is 0.369 e. The van der Waals surface area contributed by atoms with Crippen LogP contribution < -0.4 is 5.32 Å². The van der Waals surface area contributed by atoms with Crippen LogP contribution in [0.1, 0.15) is 37.1 Å². The molecule has 1 aromatic heterocycles. The Morgan fingerprint density at radius 3 is 3.16 bits per heavy atom. The fourth-order valence-electron chi connectivity index (χ4n) is 3.98. The highest BCUT2D eigenvalue weighted by atomic mass is 16.5. The maximum absolute atomic E-state index is 5.90. The van der Waals surface area contributed by atoms with Gasteiger partial charge in [-0.05, 0) is 25.8 Å². The molecule has 3 aliphatic rings. The zero-order valence-electron chi connectivity index (χ0n) is 11.3. The molecule has 0 spiro atoms. The molecule has 0 radical (unpaired) electrons. The van der Waals surface area contributed by atoms with Crippen molar-refractivity contribution in [1.82, 2.24) is 19.8 Å². The molecule has 3 fully saturated rings. The van der Waals surface area contributed by atoms with Crippen LogP contribution in [0.3, 0.4) is 0 Å². The number of hydrogen-bond acceptors (Lipinski definition) is 4. The Kier molecular flexibility index (Phi) is 3.06. The predicted octanol–water partition coefficient (Wildman–Crippen LogP) is 0.953. The molecule has 3 atom stereocenters. The molecule has 3 saturated heterocycles. The molecule has 4 rings (SSSR count). The second-order valence-corrected chi connectivity index (χ2v) is 5.89. The summed E-state index contributed by atoms with van der Waals surface area (Å²) in [6.45, 7) is 5.21. The van der Waals surface area contributed by atoms with E-state index < -0.39 is 0 Å². The molecule has 19 heavy (non-hydrogen) atoms. The molecular weight excluding hydrogens is 240 g/mol. The van der Waals surface area contributed by atoms with Crippen molar-refractivity contribution in [3.8, 4) is 0 Å². The van der Waals surface area contributed by atoms with Crippen LogP contribution >= 0.6 is 0 Å². The zero-order valence-corrected chi connectivity index (χ0v) is 11.3. The minimum atomic E-state index is 0.173. The molecule has 104 valence electrons. The molecule has 5 nitrogen and oxygen atoms in total. The summed E-state index contributed by atoms with van der Waals surface area (Å²) >= 11 is 0. The highest BCUT2D eigenvalue weighted by molar-refractivity contribution is 5.09. The highest BCUT2D eigenvalue weighted by Crippen LogP contribution is 2.37. The van der Waals surface area contributed by atoms with Crippen LogP contribution in [-0.4, -0.2) is 53.3 Å². The quantitative estimate of drug-likeness (QED) is 0.862. The topological polar surface area (TPSA) is 42.3 Å². The van der Waals surface area contributed by atoms with E-state index in [1.165, 1.54) is 38.0 Å². The Labute approximate surface area is 113 Å². The third-order valence-electron chi connectivity index (χ3n) is 4.88. The first-order chi connectivity index (χ1) is 9.43. The lowest BCUT2D eigenvalue weighted by molar-refractivity contribution is 0.0216. The number of aromatic nitrogens is 2. The van der Waals surface area contributed by atoms with E-state index in [2.05, 4.69) is 19.8 Å². The Morgan fingerprint density at radius 1 is 1.26 bits per heavy atom. The van der Waals surface area contributed by atoms with E-state index in [1.54, 1.807) is 0 Å². The number of nitrogens with one attached hydrogen (secondary N) is 1. The summed E-state index contributed by atoms with van der Waals surface area (Å²) < 4.78 is 8.29. The van der Waals surface area contributed by atoms with Gasteiger partial charge < -0.3 is 14.6 Å². The fraction of sp³-hybridized carbons (Fsp3) is 0.786. The van der Waals surface area contributed by atoms with Gasteiger partial charge in [-0.3, -0.25) is 4.90 Å². The summed E-state index contributed by atoms with van der Waals surface area (Å²) in [7, 11) is 0. The molecular formula is C14H22N4O. The van der Waals surface area contributed by atoms with Crippen molar-refractivity contribution in [2.24, 2.45) is 0 Å². The highest BCUT2D eigenvalue weighted by Gasteiger charge is 2.39. The van der Waals surface area contributed by atoms with Gasteiger partial charge in [0.05, 0.1) is 30.9 Å². The number of imidazole rings is 1. The molecule has 0 saturated carbocycles. The standard InChI is InChI=1S/C14H22N4O/c1-2-11-12(3-6-17(11)5-1)18-10-16-8-13(18)14-9-15-4-7-19-14/h8,10-12,14-15H,1-7,9H2. The number of ether oxygens (including phenoxy) is 1. The SMILES string of the molecule is c1ncn(C2CCN3CCCC23)c1C1CNCCO1. The van der Waals surface area contributed by atoms with E-state index in [0.29, 0.717) is 6.04 Å². The second kappa shape index (κ2) is 4.89. The number of nitrogens with zero attached hydrogens (tertiary/aromatic N) is 3. The van der Waals surface area contributed by atoms with E-state index in [1.807, 2.05) is 12.5 Å². The average Bonchev–Trinajstić information content (AvgIpc) is 3.15. The smallest absolute Gasteiger partial charge is 0.111 e. The van der Waals surface area contributed by atoms with Crippen molar-refractivity contribution >= 4 is 0 Å². The molecule has 3 aliphatic heterocycles. The third-order valence-corrected chi connectivity index (χ3v) is 4.88. The minimum Gasteiger partial charge on any atom is -0.369 e. The summed E-state index contributed by atoms with van der Waals surface area (Å²) in [6, 6.07) is 1.33. The summed E-state index contributed by atoms with van der Waals surface area (Å²) in [6.07, 6.45) is 8.13. The van der Waals surface area contributed by atoms with Gasteiger partial charge in [-0.25, -0.2) is 4.98 Å². The van der Waals surface area contributed by atoms with Crippen LogP contribution in [0.5, 0.6) is 0 Å². The molecule has 5 heteroatoms. The van der Waals surface area contributed by atoms with E-state index in [9.17, 15) is 0 Å². The van der Waals surface area contributed by atoms with Gasteiger partial charge in [-0.1, -0.05) is 0 Å². The van der Waals surface area contributed by atoms with E-state index >= 15 is 0 Å². The van der Waals surface area contributed by atoms with Crippen molar-refractivity contribution in [3.05, 3.63) is 18.2 Å². The lowest BCUT2D eigenvalue weighted by Gasteiger charge is -2.28. The van der Waals surface area contributed by atoms with Gasteiger partial charge in [0.1, 0.15) is 6.10 Å². The lowest BCUT2D eigenvalue weighted by Crippen LogP contribution is -2.35. The Balaban J connectivity index is 1.59. The molecule has 0 bridgehead atoms. The van der Waals surface area contributed by atoms with E-state index in [-0.39, 0.29) is 6.10 Å². The van der Waals surface area contributed by atoms with Crippen molar-refractivity contribution in [1.29, 1.82) is 0 Å². The van der Waals surface area contributed by atoms with Crippen LogP contribution in [0.15, 0.2) is 12.5 Å². The van der Waals surface area contributed by atoms with E-state index in [4.69, 9.17) is 4.74 Å². The first-order valence-electron chi connectivity index (χ1n) is 7.51. The van der Waals surface area contributed by atoms with Crippen LogP contribution in [0.4, 0.5) is 0 Å². The maximum Gasteiger partial charge on any atom is 0.111 e. The molecule has 0 aliphatic carbocycles. The first kappa shape index (κ1) is 11.9. The van der Waals surface area contributed by atoms with Gasteiger partial charge in [0.2, 0.25) is 0 Å². The van der Waals surface area contributed by atoms with Gasteiger partial charge in [0, 0.05) is 25.7 Å². The fourth-order valence-corrected chi connectivity index (χ4v) is 3.98. The molecule has 0 aromatic carbocycles. The summed E-state index contributed by atoms with van der Waals surface area (Å²) in [5, 5.41) is 3.41. The Bertz CT molecular complexity index is 440. The Hall–Kier alpha value is -0.910. The van der Waals surface area contributed by atoms with Crippen LogP contribution in [-0.2, 0) is 4.74 Å². The Morgan fingerprint density at radius 2 is 2.26 bits per heavy atom. The van der Waals surface area contributed by atoms with Crippen molar-refractivity contribution in [3.63, 3.8) is 0 Å². The number of rotatable bonds is 2. The van der Waals surface area contributed by atoms with Gasteiger partial charge in [-0.15, -0.1) is 0 Å². The van der Waals surface area contributed by atoms with Crippen LogP contribution in [0.25, 0.3) is 0 Å². The monoisotopic (exact) mass is 262 g/mol. The van der Waals surface area contributed by atoms with Crippen LogP contribution in [0, 0.1) is 0 Å². The second-order valence-electron chi connectivity index (χ2n) is 5.89. The molecule has 4 heterocycles. The van der Waals surface area contributed by atoms with Gasteiger partial charge in [0.25, 0.3) is 0 Å².